The van der Waals surface area contributed by atoms with Crippen molar-refractivity contribution in [2.75, 3.05) is 36.1 Å². The summed E-state index contributed by atoms with van der Waals surface area (Å²) in [5.74, 6) is 1.35. The lowest BCUT2D eigenvalue weighted by atomic mass is 10.2. The quantitative estimate of drug-likeness (QED) is 0.817. The third-order valence-corrected chi connectivity index (χ3v) is 4.47. The molecular formula is C12H17NO3S. The molecule has 0 aliphatic carbocycles. The lowest BCUT2D eigenvalue weighted by molar-refractivity contribution is 0.340. The second-order valence-electron chi connectivity index (χ2n) is 4.07. The Labute approximate surface area is 102 Å². The van der Waals surface area contributed by atoms with E-state index in [1.54, 1.807) is 0 Å². The van der Waals surface area contributed by atoms with Gasteiger partial charge in [0.25, 0.3) is 0 Å². The molecule has 0 atom stereocenters. The van der Waals surface area contributed by atoms with Gasteiger partial charge in [0.2, 0.25) is 0 Å². The van der Waals surface area contributed by atoms with Gasteiger partial charge in [-0.3, -0.25) is 0 Å². The minimum atomic E-state index is -2.81. The van der Waals surface area contributed by atoms with E-state index in [0.29, 0.717) is 19.7 Å². The van der Waals surface area contributed by atoms with Gasteiger partial charge in [0.15, 0.2) is 9.84 Å². The van der Waals surface area contributed by atoms with Crippen molar-refractivity contribution >= 4 is 15.5 Å². The molecule has 0 radical (unpaired) electrons. The van der Waals surface area contributed by atoms with Crippen LogP contribution in [-0.2, 0) is 9.84 Å². The average molecular weight is 255 g/mol. The fourth-order valence-electron chi connectivity index (χ4n) is 1.89. The molecule has 1 aromatic rings. The van der Waals surface area contributed by atoms with Gasteiger partial charge in [0.05, 0.1) is 18.1 Å². The first-order valence-corrected chi connectivity index (χ1v) is 7.61. The van der Waals surface area contributed by atoms with Crippen molar-refractivity contribution in [2.24, 2.45) is 0 Å². The molecule has 17 heavy (non-hydrogen) atoms. The number of nitrogens with zero attached hydrogens (tertiary/aromatic N) is 1. The van der Waals surface area contributed by atoms with Gasteiger partial charge >= 0.3 is 0 Å². The number of rotatable bonds is 3. The Bertz CT molecular complexity index is 453. The van der Waals surface area contributed by atoms with Crippen molar-refractivity contribution in [1.29, 1.82) is 0 Å². The van der Waals surface area contributed by atoms with Gasteiger partial charge in [-0.15, -0.1) is 0 Å². The predicted octanol–water partition coefficient (Wildman–Crippen LogP) is 1.32. The van der Waals surface area contributed by atoms with Crippen LogP contribution in [0.25, 0.3) is 0 Å². The first kappa shape index (κ1) is 12.2. The Morgan fingerprint density at radius 3 is 2.29 bits per heavy atom. The van der Waals surface area contributed by atoms with Crippen molar-refractivity contribution in [2.45, 2.75) is 6.92 Å². The van der Waals surface area contributed by atoms with Crippen molar-refractivity contribution in [3.63, 3.8) is 0 Å². The van der Waals surface area contributed by atoms with Crippen LogP contribution >= 0.6 is 0 Å². The zero-order valence-corrected chi connectivity index (χ0v) is 10.7. The molecule has 1 aliphatic heterocycles. The molecule has 2 rings (SSSR count). The first-order chi connectivity index (χ1) is 8.11. The summed E-state index contributed by atoms with van der Waals surface area (Å²) >= 11 is 0. The van der Waals surface area contributed by atoms with E-state index in [0.717, 1.165) is 11.4 Å². The normalized spacial score (nSPS) is 19.0. The largest absolute Gasteiger partial charge is 0.494 e. The summed E-state index contributed by atoms with van der Waals surface area (Å²) in [7, 11) is -2.81. The SMILES string of the molecule is CCOc1ccc(N2CCS(=O)(=O)CC2)cc1. The number of anilines is 1. The van der Waals surface area contributed by atoms with E-state index >= 15 is 0 Å². The molecule has 5 heteroatoms. The molecule has 0 unspecified atom stereocenters. The third-order valence-electron chi connectivity index (χ3n) is 2.86. The first-order valence-electron chi connectivity index (χ1n) is 5.79. The fraction of sp³-hybridized carbons (Fsp3) is 0.500. The van der Waals surface area contributed by atoms with Crippen LogP contribution < -0.4 is 9.64 Å². The highest BCUT2D eigenvalue weighted by atomic mass is 32.2. The fourth-order valence-corrected chi connectivity index (χ4v) is 3.09. The van der Waals surface area contributed by atoms with Gasteiger partial charge in [-0.1, -0.05) is 0 Å². The molecule has 0 amide bonds. The molecule has 1 aliphatic rings. The Kier molecular flexibility index (Phi) is 3.57. The topological polar surface area (TPSA) is 46.6 Å². The summed E-state index contributed by atoms with van der Waals surface area (Å²) in [5, 5.41) is 0. The zero-order chi connectivity index (χ0) is 12.3. The molecule has 1 aromatic carbocycles. The maximum Gasteiger partial charge on any atom is 0.153 e. The highest BCUT2D eigenvalue weighted by Gasteiger charge is 2.21. The molecule has 1 saturated heterocycles. The summed E-state index contributed by atoms with van der Waals surface area (Å²) < 4.78 is 28.0. The number of ether oxygens (including phenoxy) is 1. The minimum Gasteiger partial charge on any atom is -0.494 e. The molecule has 1 fully saturated rings. The molecule has 0 spiro atoms. The standard InChI is InChI=1S/C12H17NO3S/c1-2-16-12-5-3-11(4-6-12)13-7-9-17(14,15)10-8-13/h3-6H,2,7-10H2,1H3. The van der Waals surface area contributed by atoms with Crippen LogP contribution in [-0.4, -0.2) is 39.6 Å². The van der Waals surface area contributed by atoms with E-state index < -0.39 is 9.84 Å². The molecule has 94 valence electrons. The van der Waals surface area contributed by atoms with Crippen molar-refractivity contribution < 1.29 is 13.2 Å². The van der Waals surface area contributed by atoms with Crippen molar-refractivity contribution in [1.82, 2.24) is 0 Å². The molecular weight excluding hydrogens is 238 g/mol. The van der Waals surface area contributed by atoms with Crippen LogP contribution in [0.2, 0.25) is 0 Å². The smallest absolute Gasteiger partial charge is 0.153 e. The molecule has 4 nitrogen and oxygen atoms in total. The Morgan fingerprint density at radius 1 is 1.18 bits per heavy atom. The highest BCUT2D eigenvalue weighted by molar-refractivity contribution is 7.91. The van der Waals surface area contributed by atoms with Crippen LogP contribution in [0.3, 0.4) is 0 Å². The summed E-state index contributed by atoms with van der Waals surface area (Å²) in [5.41, 5.74) is 1.06. The van der Waals surface area contributed by atoms with Gasteiger partial charge in [-0.05, 0) is 31.2 Å². The summed E-state index contributed by atoms with van der Waals surface area (Å²) in [6.07, 6.45) is 0. The van der Waals surface area contributed by atoms with E-state index in [2.05, 4.69) is 4.90 Å². The van der Waals surface area contributed by atoms with E-state index in [4.69, 9.17) is 4.74 Å². The highest BCUT2D eigenvalue weighted by Crippen LogP contribution is 2.21. The molecule has 0 saturated carbocycles. The van der Waals surface area contributed by atoms with Gasteiger partial charge in [-0.25, -0.2) is 8.42 Å². The van der Waals surface area contributed by atoms with Crippen LogP contribution in [0.5, 0.6) is 5.75 Å². The molecule has 0 bridgehead atoms. The van der Waals surface area contributed by atoms with E-state index in [-0.39, 0.29) is 11.5 Å². The Hall–Kier alpha value is -1.23. The number of benzene rings is 1. The molecule has 0 N–H and O–H groups in total. The van der Waals surface area contributed by atoms with Crippen molar-refractivity contribution in [3.05, 3.63) is 24.3 Å². The van der Waals surface area contributed by atoms with Crippen LogP contribution in [0.15, 0.2) is 24.3 Å². The number of hydrogen-bond acceptors (Lipinski definition) is 4. The van der Waals surface area contributed by atoms with Gasteiger partial charge in [-0.2, -0.15) is 0 Å². The molecule has 0 aromatic heterocycles. The Balaban J connectivity index is 2.03. The summed E-state index contributed by atoms with van der Waals surface area (Å²) in [6.45, 7) is 3.76. The zero-order valence-electron chi connectivity index (χ0n) is 9.93. The monoisotopic (exact) mass is 255 g/mol. The lowest BCUT2D eigenvalue weighted by Gasteiger charge is -2.28. The Morgan fingerprint density at radius 2 is 1.76 bits per heavy atom. The predicted molar refractivity (Wildman–Crippen MR) is 68.5 cm³/mol. The van der Waals surface area contributed by atoms with Crippen LogP contribution in [0.1, 0.15) is 6.92 Å². The summed E-state index contributed by atoms with van der Waals surface area (Å²) in [6, 6.07) is 7.79. The maximum atomic E-state index is 11.3. The van der Waals surface area contributed by atoms with Crippen molar-refractivity contribution in [3.8, 4) is 5.75 Å². The molecule has 1 heterocycles. The van der Waals surface area contributed by atoms with Crippen LogP contribution in [0.4, 0.5) is 5.69 Å². The van der Waals surface area contributed by atoms with Gasteiger partial charge in [0, 0.05) is 18.8 Å². The van der Waals surface area contributed by atoms with E-state index in [1.165, 1.54) is 0 Å². The minimum absolute atomic E-state index is 0.250. The lowest BCUT2D eigenvalue weighted by Crippen LogP contribution is -2.40. The average Bonchev–Trinajstić information content (AvgIpc) is 2.31. The number of sulfone groups is 1. The second kappa shape index (κ2) is 4.96. The summed E-state index contributed by atoms with van der Waals surface area (Å²) in [4.78, 5) is 2.09. The van der Waals surface area contributed by atoms with E-state index in [1.807, 2.05) is 31.2 Å². The second-order valence-corrected chi connectivity index (χ2v) is 6.37. The van der Waals surface area contributed by atoms with Gasteiger partial charge < -0.3 is 9.64 Å². The number of hydrogen-bond donors (Lipinski definition) is 0. The van der Waals surface area contributed by atoms with Crippen LogP contribution in [0, 0.1) is 0 Å². The van der Waals surface area contributed by atoms with Gasteiger partial charge in [0.1, 0.15) is 5.75 Å². The third kappa shape index (κ3) is 3.12. The maximum absolute atomic E-state index is 11.3. The van der Waals surface area contributed by atoms with E-state index in [9.17, 15) is 8.42 Å².